The van der Waals surface area contributed by atoms with E-state index in [0.717, 1.165) is 0 Å². The zero-order valence-corrected chi connectivity index (χ0v) is 11.6. The van der Waals surface area contributed by atoms with E-state index in [2.05, 4.69) is 17.5 Å². The van der Waals surface area contributed by atoms with Crippen molar-refractivity contribution in [1.82, 2.24) is 0 Å². The van der Waals surface area contributed by atoms with Crippen LogP contribution in [0.25, 0.3) is 0 Å². The Labute approximate surface area is 117 Å². The van der Waals surface area contributed by atoms with Crippen molar-refractivity contribution >= 4 is 33.1 Å². The van der Waals surface area contributed by atoms with Crippen LogP contribution in [0.2, 0.25) is 0 Å². The maximum atomic E-state index is 10.9. The van der Waals surface area contributed by atoms with Gasteiger partial charge in [0.15, 0.2) is 5.11 Å². The number of hydrogen-bond acceptors (Lipinski definition) is 3. The van der Waals surface area contributed by atoms with Gasteiger partial charge in [0.2, 0.25) is 0 Å². The molecule has 0 saturated heterocycles. The summed E-state index contributed by atoms with van der Waals surface area (Å²) in [5, 5.41) is 2.38. The molecule has 1 aromatic rings. The van der Waals surface area contributed by atoms with E-state index in [-0.39, 0.29) is 46.7 Å². The summed E-state index contributed by atoms with van der Waals surface area (Å²) in [6.07, 6.45) is 0. The molecule has 0 aliphatic heterocycles. The molecule has 0 spiro atoms. The van der Waals surface area contributed by atoms with Crippen molar-refractivity contribution in [1.29, 1.82) is 0 Å². The molecule has 0 aliphatic carbocycles. The monoisotopic (exact) mass is 256 g/mol. The molecule has 8 heteroatoms. The van der Waals surface area contributed by atoms with Gasteiger partial charge in [-0.3, -0.25) is 4.55 Å². The smallest absolute Gasteiger partial charge is 1.00 e. The molecule has 0 aromatic heterocycles. The number of rotatable bonds is 2. The molecular formula is C7H9N2NaO3S2. The van der Waals surface area contributed by atoms with Crippen LogP contribution in [0.1, 0.15) is 1.43 Å². The van der Waals surface area contributed by atoms with Crippen LogP contribution in [0, 0.1) is 0 Å². The van der Waals surface area contributed by atoms with E-state index in [4.69, 9.17) is 10.3 Å². The second kappa shape index (κ2) is 5.78. The van der Waals surface area contributed by atoms with Crippen molar-refractivity contribution in [2.75, 3.05) is 5.32 Å². The molecular weight excluding hydrogens is 247 g/mol. The third kappa shape index (κ3) is 4.45. The molecule has 0 radical (unpaired) electrons. The van der Waals surface area contributed by atoms with Gasteiger partial charge in [-0.05, 0) is 24.4 Å². The molecule has 0 aliphatic rings. The van der Waals surface area contributed by atoms with Gasteiger partial charge in [0.25, 0.3) is 10.1 Å². The molecule has 0 fully saturated rings. The molecule has 0 saturated carbocycles. The fourth-order valence-corrected chi connectivity index (χ4v) is 1.69. The fourth-order valence-electron chi connectivity index (χ4n) is 0.928. The van der Waals surface area contributed by atoms with Crippen molar-refractivity contribution in [2.24, 2.45) is 5.73 Å². The number of nitrogens with one attached hydrogen (secondary N) is 1. The zero-order chi connectivity index (χ0) is 10.8. The van der Waals surface area contributed by atoms with Gasteiger partial charge in [0.05, 0.1) is 5.69 Å². The quantitative estimate of drug-likeness (QED) is 0.313. The summed E-state index contributed by atoms with van der Waals surface area (Å²) in [6, 6.07) is 5.77. The first-order valence-corrected chi connectivity index (χ1v) is 5.39. The number of nitrogens with two attached hydrogens (primary N) is 1. The zero-order valence-electron chi connectivity index (χ0n) is 8.97. The average molecular weight is 256 g/mol. The van der Waals surface area contributed by atoms with Crippen molar-refractivity contribution in [3.8, 4) is 0 Å². The SMILES string of the molecule is NC(=S)Nc1ccccc1S(=O)(=O)O.[H-].[Na+]. The third-order valence-electron chi connectivity index (χ3n) is 1.42. The van der Waals surface area contributed by atoms with Crippen LogP contribution in [0.4, 0.5) is 5.69 Å². The summed E-state index contributed by atoms with van der Waals surface area (Å²) in [7, 11) is -4.26. The van der Waals surface area contributed by atoms with Crippen molar-refractivity contribution in [2.45, 2.75) is 4.90 Å². The molecule has 0 amide bonds. The number of para-hydroxylation sites is 1. The van der Waals surface area contributed by atoms with E-state index in [1.54, 1.807) is 6.07 Å². The summed E-state index contributed by atoms with van der Waals surface area (Å²) in [6.45, 7) is 0. The van der Waals surface area contributed by atoms with Crippen molar-refractivity contribution in [3.63, 3.8) is 0 Å². The summed E-state index contributed by atoms with van der Waals surface area (Å²) in [4.78, 5) is -0.257. The van der Waals surface area contributed by atoms with Gasteiger partial charge in [-0.2, -0.15) is 8.42 Å². The summed E-state index contributed by atoms with van der Waals surface area (Å²) in [5.74, 6) is 0. The molecule has 0 atom stereocenters. The Morgan fingerprint density at radius 1 is 1.47 bits per heavy atom. The van der Waals surface area contributed by atoms with E-state index in [1.807, 2.05) is 0 Å². The van der Waals surface area contributed by atoms with E-state index in [1.165, 1.54) is 18.2 Å². The van der Waals surface area contributed by atoms with Crippen LogP contribution in [-0.4, -0.2) is 18.1 Å². The van der Waals surface area contributed by atoms with Crippen LogP contribution >= 0.6 is 12.2 Å². The third-order valence-corrected chi connectivity index (χ3v) is 2.44. The van der Waals surface area contributed by atoms with Crippen LogP contribution < -0.4 is 40.6 Å². The predicted octanol–water partition coefficient (Wildman–Crippen LogP) is -2.29. The van der Waals surface area contributed by atoms with E-state index >= 15 is 0 Å². The Balaban J connectivity index is 0. The molecule has 15 heavy (non-hydrogen) atoms. The molecule has 78 valence electrons. The number of thiocarbonyl (C=S) groups is 1. The first-order valence-electron chi connectivity index (χ1n) is 3.54. The molecule has 0 unspecified atom stereocenters. The Morgan fingerprint density at radius 2 is 2.00 bits per heavy atom. The van der Waals surface area contributed by atoms with Crippen LogP contribution in [0.5, 0.6) is 0 Å². The maximum Gasteiger partial charge on any atom is 1.00 e. The van der Waals surface area contributed by atoms with E-state index < -0.39 is 10.1 Å². The molecule has 0 heterocycles. The normalized spacial score (nSPS) is 10.2. The maximum absolute atomic E-state index is 10.9. The predicted molar refractivity (Wildman–Crippen MR) is 57.8 cm³/mol. The minimum atomic E-state index is -4.26. The molecule has 5 nitrogen and oxygen atoms in total. The largest absolute Gasteiger partial charge is 1.00 e. The van der Waals surface area contributed by atoms with Crippen molar-refractivity contribution < 1.29 is 44.0 Å². The Hall–Kier alpha value is -0.180. The van der Waals surface area contributed by atoms with Crippen molar-refractivity contribution in [3.05, 3.63) is 24.3 Å². The van der Waals surface area contributed by atoms with Gasteiger partial charge < -0.3 is 12.5 Å². The van der Waals surface area contributed by atoms with Gasteiger partial charge in [-0.1, -0.05) is 12.1 Å². The summed E-state index contributed by atoms with van der Waals surface area (Å²) in [5.41, 5.74) is 5.34. The molecule has 1 aromatic carbocycles. The van der Waals surface area contributed by atoms with Gasteiger partial charge in [-0.15, -0.1) is 0 Å². The Morgan fingerprint density at radius 3 is 2.47 bits per heavy atom. The first-order chi connectivity index (χ1) is 6.41. The second-order valence-corrected chi connectivity index (χ2v) is 4.29. The average Bonchev–Trinajstić information content (AvgIpc) is 2.01. The van der Waals surface area contributed by atoms with Gasteiger partial charge in [0, 0.05) is 0 Å². The molecule has 1 rings (SSSR count). The van der Waals surface area contributed by atoms with Gasteiger partial charge in [-0.25, -0.2) is 0 Å². The molecule has 0 bridgehead atoms. The second-order valence-electron chi connectivity index (χ2n) is 2.46. The van der Waals surface area contributed by atoms with Gasteiger partial charge in [0.1, 0.15) is 4.90 Å². The summed E-state index contributed by atoms with van der Waals surface area (Å²) < 4.78 is 30.6. The first kappa shape index (κ1) is 14.8. The summed E-state index contributed by atoms with van der Waals surface area (Å²) >= 11 is 4.55. The van der Waals surface area contributed by atoms with E-state index in [0.29, 0.717) is 0 Å². The van der Waals surface area contributed by atoms with Crippen LogP contribution in [-0.2, 0) is 10.1 Å². The fraction of sp³-hybridized carbons (Fsp3) is 0. The standard InChI is InChI=1S/C7H8N2O3S2.Na.H/c8-7(13)9-5-3-1-2-4-6(5)14(10,11)12;;/h1-4H,(H3,8,9,13)(H,10,11,12);;/q;+1;-1. The molecule has 4 N–H and O–H groups in total. The van der Waals surface area contributed by atoms with E-state index in [9.17, 15) is 8.42 Å². The Kier molecular flexibility index (Phi) is 5.71. The minimum absolute atomic E-state index is 0. The van der Waals surface area contributed by atoms with Gasteiger partial charge >= 0.3 is 29.6 Å². The van der Waals surface area contributed by atoms with Crippen LogP contribution in [0.3, 0.4) is 0 Å². The number of anilines is 1. The Bertz CT molecular complexity index is 466. The number of benzene rings is 1. The topological polar surface area (TPSA) is 92.4 Å². The van der Waals surface area contributed by atoms with Crippen LogP contribution in [0.15, 0.2) is 29.2 Å². The minimum Gasteiger partial charge on any atom is -1.00 e. The number of hydrogen-bond donors (Lipinski definition) is 3.